The van der Waals surface area contributed by atoms with E-state index in [0.717, 1.165) is 0 Å². The molecule has 2 aromatic carbocycles. The summed E-state index contributed by atoms with van der Waals surface area (Å²) in [6.07, 6.45) is 0. The van der Waals surface area contributed by atoms with Gasteiger partial charge in [0.1, 0.15) is 5.75 Å². The predicted octanol–water partition coefficient (Wildman–Crippen LogP) is 4.38. The topological polar surface area (TPSA) is 35.2 Å². The highest BCUT2D eigenvalue weighted by Gasteiger charge is 2.09. The van der Waals surface area contributed by atoms with Gasteiger partial charge in [-0.3, -0.25) is 0 Å². The summed E-state index contributed by atoms with van der Waals surface area (Å²) in [4.78, 5) is 0. The lowest BCUT2D eigenvalue weighted by atomic mass is 10.2. The highest BCUT2D eigenvalue weighted by molar-refractivity contribution is 6.36. The molecular weight excluding hydrogens is 276 g/mol. The minimum Gasteiger partial charge on any atom is -0.454 e. The summed E-state index contributed by atoms with van der Waals surface area (Å²) in [5.74, 6) is 0.0325. The van der Waals surface area contributed by atoms with E-state index in [1.807, 2.05) is 0 Å². The van der Waals surface area contributed by atoms with Crippen LogP contribution in [0.25, 0.3) is 0 Å². The SMILES string of the molecule is NCc1c(Cl)cc(Oc2ccccc2F)cc1Cl. The molecule has 0 atom stereocenters. The van der Waals surface area contributed by atoms with Crippen molar-refractivity contribution in [2.75, 3.05) is 0 Å². The largest absolute Gasteiger partial charge is 0.454 e. The van der Waals surface area contributed by atoms with Crippen LogP contribution in [0.15, 0.2) is 36.4 Å². The fourth-order valence-electron chi connectivity index (χ4n) is 1.49. The molecule has 0 aliphatic carbocycles. The molecule has 2 rings (SSSR count). The van der Waals surface area contributed by atoms with E-state index in [0.29, 0.717) is 21.4 Å². The summed E-state index contributed by atoms with van der Waals surface area (Å²) in [6.45, 7) is 0.234. The fourth-order valence-corrected chi connectivity index (χ4v) is 2.11. The monoisotopic (exact) mass is 285 g/mol. The van der Waals surface area contributed by atoms with Crippen LogP contribution in [-0.4, -0.2) is 0 Å². The lowest BCUT2D eigenvalue weighted by Gasteiger charge is -2.10. The van der Waals surface area contributed by atoms with E-state index in [9.17, 15) is 4.39 Å². The van der Waals surface area contributed by atoms with Crippen LogP contribution in [0.3, 0.4) is 0 Å². The zero-order chi connectivity index (χ0) is 13.1. The van der Waals surface area contributed by atoms with Crippen molar-refractivity contribution in [2.24, 2.45) is 5.73 Å². The molecule has 0 radical (unpaired) electrons. The summed E-state index contributed by atoms with van der Waals surface area (Å²) in [6, 6.07) is 9.21. The van der Waals surface area contributed by atoms with Gasteiger partial charge in [0.15, 0.2) is 11.6 Å². The Labute approximate surface area is 114 Å². The Morgan fingerprint density at radius 1 is 1.11 bits per heavy atom. The van der Waals surface area contributed by atoms with Crippen molar-refractivity contribution in [1.82, 2.24) is 0 Å². The first-order valence-electron chi connectivity index (χ1n) is 5.22. The first kappa shape index (κ1) is 13.1. The van der Waals surface area contributed by atoms with Crippen molar-refractivity contribution in [3.05, 3.63) is 57.8 Å². The number of hydrogen-bond acceptors (Lipinski definition) is 2. The molecule has 0 saturated carbocycles. The molecule has 0 aliphatic heterocycles. The smallest absolute Gasteiger partial charge is 0.165 e. The maximum atomic E-state index is 13.4. The van der Waals surface area contributed by atoms with Gasteiger partial charge in [0.2, 0.25) is 0 Å². The number of ether oxygens (including phenoxy) is 1. The molecule has 5 heteroatoms. The molecule has 0 aliphatic rings. The van der Waals surface area contributed by atoms with Gasteiger partial charge in [0.05, 0.1) is 10.0 Å². The van der Waals surface area contributed by atoms with Crippen LogP contribution < -0.4 is 10.5 Å². The van der Waals surface area contributed by atoms with Crippen molar-refractivity contribution >= 4 is 23.2 Å². The van der Waals surface area contributed by atoms with Gasteiger partial charge >= 0.3 is 0 Å². The maximum Gasteiger partial charge on any atom is 0.165 e. The van der Waals surface area contributed by atoms with Crippen LogP contribution in [0.2, 0.25) is 10.0 Å². The third-order valence-corrected chi connectivity index (χ3v) is 3.06. The first-order valence-corrected chi connectivity index (χ1v) is 5.97. The number of rotatable bonds is 3. The second-order valence-corrected chi connectivity index (χ2v) is 4.42. The van der Waals surface area contributed by atoms with Crippen molar-refractivity contribution in [1.29, 1.82) is 0 Å². The second-order valence-electron chi connectivity index (χ2n) is 3.60. The molecule has 0 fully saturated rings. The van der Waals surface area contributed by atoms with Crippen LogP contribution in [0.1, 0.15) is 5.56 Å². The molecule has 0 aromatic heterocycles. The van der Waals surface area contributed by atoms with E-state index in [1.54, 1.807) is 24.3 Å². The Bertz CT molecular complexity index is 552. The summed E-state index contributed by atoms with van der Waals surface area (Å²) in [5.41, 5.74) is 6.15. The van der Waals surface area contributed by atoms with Gasteiger partial charge in [-0.25, -0.2) is 4.39 Å². The van der Waals surface area contributed by atoms with E-state index in [4.69, 9.17) is 33.7 Å². The van der Waals surface area contributed by atoms with Crippen LogP contribution >= 0.6 is 23.2 Å². The van der Waals surface area contributed by atoms with Gasteiger partial charge in [-0.1, -0.05) is 35.3 Å². The normalized spacial score (nSPS) is 10.4. The minimum atomic E-state index is -0.451. The van der Waals surface area contributed by atoms with Gasteiger partial charge in [-0.15, -0.1) is 0 Å². The number of hydrogen-bond donors (Lipinski definition) is 1. The zero-order valence-corrected chi connectivity index (χ0v) is 10.8. The van der Waals surface area contributed by atoms with Crippen molar-refractivity contribution in [2.45, 2.75) is 6.54 Å². The second kappa shape index (κ2) is 5.57. The van der Waals surface area contributed by atoms with Gasteiger partial charge in [-0.05, 0) is 24.3 Å². The van der Waals surface area contributed by atoms with Crippen molar-refractivity contribution < 1.29 is 9.13 Å². The zero-order valence-electron chi connectivity index (χ0n) is 9.29. The third kappa shape index (κ3) is 2.75. The highest BCUT2D eigenvalue weighted by Crippen LogP contribution is 2.33. The minimum absolute atomic E-state index is 0.116. The van der Waals surface area contributed by atoms with E-state index >= 15 is 0 Å². The maximum absolute atomic E-state index is 13.4. The molecule has 18 heavy (non-hydrogen) atoms. The molecule has 0 bridgehead atoms. The van der Waals surface area contributed by atoms with E-state index in [2.05, 4.69) is 0 Å². The summed E-state index contributed by atoms with van der Waals surface area (Å²) < 4.78 is 18.8. The molecule has 94 valence electrons. The van der Waals surface area contributed by atoms with Crippen molar-refractivity contribution in [3.63, 3.8) is 0 Å². The summed E-state index contributed by atoms with van der Waals surface area (Å²) in [7, 11) is 0. The highest BCUT2D eigenvalue weighted by atomic mass is 35.5. The van der Waals surface area contributed by atoms with Gasteiger partial charge < -0.3 is 10.5 Å². The molecule has 0 saturated heterocycles. The molecule has 2 N–H and O–H groups in total. The van der Waals surface area contributed by atoms with Gasteiger partial charge in [0, 0.05) is 12.1 Å². The standard InChI is InChI=1S/C13H10Cl2FNO/c14-10-5-8(6-11(15)9(10)7-17)18-13-4-2-1-3-12(13)16/h1-6H,7,17H2. The third-order valence-electron chi connectivity index (χ3n) is 2.38. The fraction of sp³-hybridized carbons (Fsp3) is 0.0769. The average molecular weight is 286 g/mol. The quantitative estimate of drug-likeness (QED) is 0.908. The number of benzene rings is 2. The summed E-state index contributed by atoms with van der Waals surface area (Å²) >= 11 is 12.0. The molecule has 0 spiro atoms. The lowest BCUT2D eigenvalue weighted by molar-refractivity contribution is 0.442. The summed E-state index contributed by atoms with van der Waals surface area (Å²) in [5, 5.41) is 0.799. The Hall–Kier alpha value is -1.29. The van der Waals surface area contributed by atoms with Crippen LogP contribution in [0, 0.1) is 5.82 Å². The van der Waals surface area contributed by atoms with Gasteiger partial charge in [-0.2, -0.15) is 0 Å². The van der Waals surface area contributed by atoms with E-state index in [-0.39, 0.29) is 12.3 Å². The molecule has 0 amide bonds. The van der Waals surface area contributed by atoms with Crippen LogP contribution in [-0.2, 0) is 6.54 Å². The van der Waals surface area contributed by atoms with Crippen LogP contribution in [0.4, 0.5) is 4.39 Å². The molecular formula is C13H10Cl2FNO. The predicted molar refractivity (Wildman–Crippen MR) is 70.8 cm³/mol. The number of nitrogens with two attached hydrogens (primary N) is 1. The Morgan fingerprint density at radius 3 is 2.28 bits per heavy atom. The first-order chi connectivity index (χ1) is 8.61. The molecule has 2 aromatic rings. The lowest BCUT2D eigenvalue weighted by Crippen LogP contribution is -1.99. The average Bonchev–Trinajstić information content (AvgIpc) is 2.32. The Morgan fingerprint density at radius 2 is 1.72 bits per heavy atom. The Balaban J connectivity index is 2.34. The van der Waals surface area contributed by atoms with Crippen molar-refractivity contribution in [3.8, 4) is 11.5 Å². The molecule has 0 heterocycles. The van der Waals surface area contributed by atoms with Gasteiger partial charge in [0.25, 0.3) is 0 Å². The van der Waals surface area contributed by atoms with E-state index in [1.165, 1.54) is 12.1 Å². The van der Waals surface area contributed by atoms with E-state index < -0.39 is 5.82 Å². The molecule has 0 unspecified atom stereocenters. The van der Waals surface area contributed by atoms with Crippen LogP contribution in [0.5, 0.6) is 11.5 Å². The number of para-hydroxylation sites is 1. The number of halogens is 3. The Kier molecular flexibility index (Phi) is 4.07. The molecule has 2 nitrogen and oxygen atoms in total.